The van der Waals surface area contributed by atoms with E-state index in [-0.39, 0.29) is 0 Å². The summed E-state index contributed by atoms with van der Waals surface area (Å²) in [5.41, 5.74) is 1.63. The fraction of sp³-hybridized carbons (Fsp3) is 0.800. The smallest absolute Gasteiger partial charge is 0.0954 e. The normalized spacial score (nSPS) is 31.2. The lowest BCUT2D eigenvalue weighted by Crippen LogP contribution is -2.17. The minimum atomic E-state index is 0.805. The van der Waals surface area contributed by atoms with Crippen LogP contribution in [0.5, 0.6) is 0 Å². The van der Waals surface area contributed by atoms with E-state index in [1.807, 2.05) is 0 Å². The van der Waals surface area contributed by atoms with Crippen molar-refractivity contribution in [1.82, 2.24) is 0 Å². The topological polar surface area (TPSA) is 9.23 Å². The molecule has 0 unspecified atom stereocenters. The third-order valence-corrected chi connectivity index (χ3v) is 2.88. The van der Waals surface area contributed by atoms with Crippen molar-refractivity contribution in [2.45, 2.75) is 39.0 Å². The Labute approximate surface area is 68.4 Å². The standard InChI is InChI=1S/C10H16O/c1-8-6-7-11-10-5-3-2-4-9(8)10/h8H,2-7H2,1H3/t8-/m0/s1. The minimum absolute atomic E-state index is 0.805. The fourth-order valence-electron chi connectivity index (χ4n) is 2.12. The van der Waals surface area contributed by atoms with Gasteiger partial charge in [-0.1, -0.05) is 6.92 Å². The first kappa shape index (κ1) is 7.20. The molecule has 0 spiro atoms. The second-order valence-corrected chi connectivity index (χ2v) is 3.69. The number of allylic oxidation sites excluding steroid dienone is 2. The van der Waals surface area contributed by atoms with Gasteiger partial charge in [0, 0.05) is 6.42 Å². The van der Waals surface area contributed by atoms with Crippen LogP contribution in [0.1, 0.15) is 39.0 Å². The van der Waals surface area contributed by atoms with Gasteiger partial charge in [0.05, 0.1) is 12.4 Å². The molecule has 1 atom stereocenters. The fourth-order valence-corrected chi connectivity index (χ4v) is 2.12. The molecule has 1 heterocycles. The summed E-state index contributed by atoms with van der Waals surface area (Å²) in [6.45, 7) is 3.29. The van der Waals surface area contributed by atoms with E-state index in [9.17, 15) is 0 Å². The molecule has 62 valence electrons. The van der Waals surface area contributed by atoms with Gasteiger partial charge in [-0.3, -0.25) is 0 Å². The Balaban J connectivity index is 2.21. The molecule has 0 saturated carbocycles. The van der Waals surface area contributed by atoms with E-state index in [0.29, 0.717) is 0 Å². The zero-order valence-corrected chi connectivity index (χ0v) is 7.23. The SMILES string of the molecule is C[C@H]1CCOC2=C1CCCC2. The Bertz CT molecular complexity index is 177. The maximum atomic E-state index is 5.63. The highest BCUT2D eigenvalue weighted by Crippen LogP contribution is 2.35. The van der Waals surface area contributed by atoms with Crippen LogP contribution in [-0.4, -0.2) is 6.61 Å². The van der Waals surface area contributed by atoms with Gasteiger partial charge in [-0.25, -0.2) is 0 Å². The van der Waals surface area contributed by atoms with Crippen molar-refractivity contribution >= 4 is 0 Å². The van der Waals surface area contributed by atoms with Gasteiger partial charge >= 0.3 is 0 Å². The zero-order valence-electron chi connectivity index (χ0n) is 7.23. The first-order chi connectivity index (χ1) is 5.38. The predicted octanol–water partition coefficient (Wildman–Crippen LogP) is 2.87. The van der Waals surface area contributed by atoms with E-state index in [1.54, 1.807) is 5.57 Å². The molecule has 0 aromatic rings. The molecule has 0 aromatic carbocycles. The number of ether oxygens (including phenoxy) is 1. The van der Waals surface area contributed by atoms with Crippen LogP contribution < -0.4 is 0 Å². The molecule has 2 rings (SSSR count). The van der Waals surface area contributed by atoms with Crippen LogP contribution in [0.25, 0.3) is 0 Å². The van der Waals surface area contributed by atoms with Crippen LogP contribution in [0.15, 0.2) is 11.3 Å². The number of hydrogen-bond donors (Lipinski definition) is 0. The molecular formula is C10H16O. The van der Waals surface area contributed by atoms with Gasteiger partial charge < -0.3 is 4.74 Å². The van der Waals surface area contributed by atoms with Gasteiger partial charge in [-0.2, -0.15) is 0 Å². The first-order valence-corrected chi connectivity index (χ1v) is 4.72. The molecule has 1 aliphatic carbocycles. The molecule has 0 N–H and O–H groups in total. The van der Waals surface area contributed by atoms with E-state index in [1.165, 1.54) is 37.9 Å². The van der Waals surface area contributed by atoms with Crippen LogP contribution >= 0.6 is 0 Å². The molecule has 1 aliphatic heterocycles. The van der Waals surface area contributed by atoms with E-state index in [4.69, 9.17) is 4.74 Å². The van der Waals surface area contributed by atoms with Crippen LogP contribution in [0.4, 0.5) is 0 Å². The maximum Gasteiger partial charge on any atom is 0.0954 e. The molecule has 11 heavy (non-hydrogen) atoms. The van der Waals surface area contributed by atoms with Crippen molar-refractivity contribution in [3.63, 3.8) is 0 Å². The van der Waals surface area contributed by atoms with Crippen molar-refractivity contribution in [2.75, 3.05) is 6.61 Å². The summed E-state index contributed by atoms with van der Waals surface area (Å²) in [5, 5.41) is 0. The third kappa shape index (κ3) is 1.29. The maximum absolute atomic E-state index is 5.63. The van der Waals surface area contributed by atoms with E-state index in [0.717, 1.165) is 12.5 Å². The summed E-state index contributed by atoms with van der Waals surface area (Å²) in [6.07, 6.45) is 6.47. The minimum Gasteiger partial charge on any atom is -0.498 e. The monoisotopic (exact) mass is 152 g/mol. The summed E-state index contributed by atoms with van der Waals surface area (Å²) in [5.74, 6) is 2.15. The van der Waals surface area contributed by atoms with Crippen LogP contribution in [-0.2, 0) is 4.74 Å². The summed E-state index contributed by atoms with van der Waals surface area (Å²) in [6, 6.07) is 0. The average molecular weight is 152 g/mol. The second kappa shape index (κ2) is 2.88. The summed E-state index contributed by atoms with van der Waals surface area (Å²) < 4.78 is 5.63. The number of rotatable bonds is 0. The number of hydrogen-bond acceptors (Lipinski definition) is 1. The van der Waals surface area contributed by atoms with Gasteiger partial charge in [0.1, 0.15) is 0 Å². The molecule has 0 radical (unpaired) electrons. The van der Waals surface area contributed by atoms with Crippen LogP contribution in [0, 0.1) is 5.92 Å². The Hall–Kier alpha value is -0.460. The Morgan fingerprint density at radius 2 is 2.09 bits per heavy atom. The van der Waals surface area contributed by atoms with Gasteiger partial charge in [0.2, 0.25) is 0 Å². The van der Waals surface area contributed by atoms with Crippen molar-refractivity contribution in [3.8, 4) is 0 Å². The molecule has 1 heteroatoms. The molecule has 0 aromatic heterocycles. The summed E-state index contributed by atoms with van der Waals surface area (Å²) in [7, 11) is 0. The lowest BCUT2D eigenvalue weighted by Gasteiger charge is -2.29. The second-order valence-electron chi connectivity index (χ2n) is 3.69. The average Bonchev–Trinajstić information content (AvgIpc) is 2.06. The quantitative estimate of drug-likeness (QED) is 0.518. The molecular weight excluding hydrogens is 136 g/mol. The Morgan fingerprint density at radius 3 is 2.91 bits per heavy atom. The highest BCUT2D eigenvalue weighted by Gasteiger charge is 2.22. The van der Waals surface area contributed by atoms with E-state index < -0.39 is 0 Å². The van der Waals surface area contributed by atoms with Crippen molar-refractivity contribution in [3.05, 3.63) is 11.3 Å². The highest BCUT2D eigenvalue weighted by molar-refractivity contribution is 5.16. The van der Waals surface area contributed by atoms with Gasteiger partial charge in [-0.05, 0) is 37.2 Å². The highest BCUT2D eigenvalue weighted by atomic mass is 16.5. The molecule has 1 nitrogen and oxygen atoms in total. The zero-order chi connectivity index (χ0) is 7.68. The Kier molecular flexibility index (Phi) is 1.89. The molecule has 2 aliphatic rings. The van der Waals surface area contributed by atoms with E-state index >= 15 is 0 Å². The lowest BCUT2D eigenvalue weighted by atomic mass is 9.86. The molecule has 0 saturated heterocycles. The van der Waals surface area contributed by atoms with Gasteiger partial charge in [0.15, 0.2) is 0 Å². The third-order valence-electron chi connectivity index (χ3n) is 2.88. The van der Waals surface area contributed by atoms with Crippen molar-refractivity contribution < 1.29 is 4.74 Å². The predicted molar refractivity (Wildman–Crippen MR) is 45.2 cm³/mol. The molecule has 0 fully saturated rings. The summed E-state index contributed by atoms with van der Waals surface area (Å²) >= 11 is 0. The Morgan fingerprint density at radius 1 is 1.27 bits per heavy atom. The first-order valence-electron chi connectivity index (χ1n) is 4.72. The molecule has 0 bridgehead atoms. The van der Waals surface area contributed by atoms with Gasteiger partial charge in [0.25, 0.3) is 0 Å². The lowest BCUT2D eigenvalue weighted by molar-refractivity contribution is 0.149. The van der Waals surface area contributed by atoms with Crippen LogP contribution in [0.3, 0.4) is 0 Å². The van der Waals surface area contributed by atoms with Crippen molar-refractivity contribution in [2.24, 2.45) is 5.92 Å². The molecule has 0 amide bonds. The van der Waals surface area contributed by atoms with E-state index in [2.05, 4.69) is 6.92 Å². The largest absolute Gasteiger partial charge is 0.498 e. The van der Waals surface area contributed by atoms with Gasteiger partial charge in [-0.15, -0.1) is 0 Å². The summed E-state index contributed by atoms with van der Waals surface area (Å²) in [4.78, 5) is 0. The van der Waals surface area contributed by atoms with Crippen molar-refractivity contribution in [1.29, 1.82) is 0 Å². The van der Waals surface area contributed by atoms with Crippen LogP contribution in [0.2, 0.25) is 0 Å².